The fraction of sp³-hybridized carbons (Fsp3) is 0.217. The second-order valence-corrected chi connectivity index (χ2v) is 9.35. The summed E-state index contributed by atoms with van der Waals surface area (Å²) in [5.41, 5.74) is 3.62. The van der Waals surface area contributed by atoms with Crippen molar-refractivity contribution < 1.29 is 19.5 Å². The number of thioether (sulfide) groups is 1. The molecule has 9 heteroatoms. The average molecular weight is 470 g/mol. The summed E-state index contributed by atoms with van der Waals surface area (Å²) in [6, 6.07) is 15.2. The number of carboxylic acid groups (broad SMARTS) is 1. The van der Waals surface area contributed by atoms with Crippen LogP contribution in [0.4, 0.5) is 10.8 Å². The summed E-state index contributed by atoms with van der Waals surface area (Å²) in [6.07, 6.45) is -0.310. The fourth-order valence-corrected chi connectivity index (χ4v) is 4.45. The predicted molar refractivity (Wildman–Crippen MR) is 128 cm³/mol. The molecule has 1 aromatic heterocycles. The van der Waals surface area contributed by atoms with Crippen LogP contribution in [0.1, 0.15) is 23.3 Å². The van der Waals surface area contributed by atoms with Crippen molar-refractivity contribution in [3.8, 4) is 11.3 Å². The second kappa shape index (κ2) is 10.9. The van der Waals surface area contributed by atoms with Crippen molar-refractivity contribution in [3.63, 3.8) is 0 Å². The highest BCUT2D eigenvalue weighted by Gasteiger charge is 2.13. The number of amides is 2. The third-order valence-electron chi connectivity index (χ3n) is 4.42. The molecule has 0 fully saturated rings. The van der Waals surface area contributed by atoms with Gasteiger partial charge in [-0.05, 0) is 32.0 Å². The van der Waals surface area contributed by atoms with E-state index in [1.807, 2.05) is 44.2 Å². The molecule has 2 amide bonds. The van der Waals surface area contributed by atoms with Crippen LogP contribution in [-0.2, 0) is 14.4 Å². The number of benzene rings is 2. The number of aromatic nitrogens is 1. The van der Waals surface area contributed by atoms with Crippen LogP contribution in [-0.4, -0.2) is 33.6 Å². The number of anilines is 2. The van der Waals surface area contributed by atoms with E-state index in [0.29, 0.717) is 10.8 Å². The molecule has 0 aliphatic rings. The summed E-state index contributed by atoms with van der Waals surface area (Å²) in [4.78, 5) is 41.2. The molecule has 0 aliphatic heterocycles. The lowest BCUT2D eigenvalue weighted by Gasteiger charge is -2.07. The van der Waals surface area contributed by atoms with Crippen molar-refractivity contribution >= 4 is 51.7 Å². The first kappa shape index (κ1) is 23.5. The summed E-state index contributed by atoms with van der Waals surface area (Å²) in [5, 5.41) is 14.7. The molecule has 0 saturated heterocycles. The minimum Gasteiger partial charge on any atom is -0.481 e. The van der Waals surface area contributed by atoms with Gasteiger partial charge in [-0.3, -0.25) is 14.4 Å². The molecule has 166 valence electrons. The molecule has 32 heavy (non-hydrogen) atoms. The van der Waals surface area contributed by atoms with Crippen LogP contribution in [0.25, 0.3) is 11.3 Å². The molecule has 0 saturated carbocycles. The summed E-state index contributed by atoms with van der Waals surface area (Å²) < 4.78 is 0. The van der Waals surface area contributed by atoms with E-state index >= 15 is 0 Å². The first-order valence-electron chi connectivity index (χ1n) is 9.89. The zero-order valence-corrected chi connectivity index (χ0v) is 19.3. The van der Waals surface area contributed by atoms with E-state index in [0.717, 1.165) is 21.0 Å². The smallest absolute Gasteiger partial charge is 0.303 e. The number of thiazole rings is 1. The third kappa shape index (κ3) is 6.93. The second-order valence-electron chi connectivity index (χ2n) is 7.10. The van der Waals surface area contributed by atoms with Crippen LogP contribution in [0.3, 0.4) is 0 Å². The van der Waals surface area contributed by atoms with Gasteiger partial charge in [-0.15, -0.1) is 23.1 Å². The van der Waals surface area contributed by atoms with Crippen molar-refractivity contribution in [2.45, 2.75) is 31.6 Å². The topological polar surface area (TPSA) is 108 Å². The van der Waals surface area contributed by atoms with Gasteiger partial charge in [0, 0.05) is 27.4 Å². The maximum absolute atomic E-state index is 12.4. The van der Waals surface area contributed by atoms with E-state index in [1.54, 1.807) is 18.2 Å². The van der Waals surface area contributed by atoms with E-state index in [9.17, 15) is 14.4 Å². The van der Waals surface area contributed by atoms with Gasteiger partial charge in [-0.25, -0.2) is 4.98 Å². The van der Waals surface area contributed by atoms with Crippen molar-refractivity contribution in [1.29, 1.82) is 0 Å². The summed E-state index contributed by atoms with van der Waals surface area (Å²) in [5.74, 6) is -1.36. The number of carbonyl (C=O) groups is 3. The molecule has 3 N–H and O–H groups in total. The van der Waals surface area contributed by atoms with Gasteiger partial charge < -0.3 is 15.7 Å². The van der Waals surface area contributed by atoms with Gasteiger partial charge in [0.05, 0.1) is 17.9 Å². The minimum atomic E-state index is -1.02. The quantitative estimate of drug-likeness (QED) is 0.382. The van der Waals surface area contributed by atoms with Gasteiger partial charge in [0.25, 0.3) is 0 Å². The van der Waals surface area contributed by atoms with Crippen LogP contribution in [0.5, 0.6) is 0 Å². The predicted octanol–water partition coefficient (Wildman–Crippen LogP) is 4.96. The molecular formula is C23H23N3O4S2. The number of aryl methyl sites for hydroxylation is 2. The van der Waals surface area contributed by atoms with E-state index in [1.165, 1.54) is 28.7 Å². The Morgan fingerprint density at radius 3 is 2.47 bits per heavy atom. The Labute approximate surface area is 194 Å². The van der Waals surface area contributed by atoms with E-state index in [2.05, 4.69) is 15.6 Å². The van der Waals surface area contributed by atoms with Crippen molar-refractivity contribution in [1.82, 2.24) is 4.98 Å². The Bertz CT molecular complexity index is 1130. The van der Waals surface area contributed by atoms with E-state index in [-0.39, 0.29) is 30.4 Å². The number of aliphatic carboxylic acids is 1. The summed E-state index contributed by atoms with van der Waals surface area (Å²) in [7, 11) is 0. The lowest BCUT2D eigenvalue weighted by Crippen LogP contribution is -2.14. The van der Waals surface area contributed by atoms with Crippen LogP contribution in [0.2, 0.25) is 0 Å². The standard InChI is InChI=1S/C23H23N3O4S2/c1-14-6-8-16(9-7-14)22-15(2)32-23(26-22)25-20(28)13-31-18-5-3-4-17(12-18)24-19(27)10-11-21(29)30/h3-9,12H,10-11,13H2,1-2H3,(H,24,27)(H,29,30)(H,25,26,28). The van der Waals surface area contributed by atoms with E-state index < -0.39 is 5.97 Å². The molecule has 0 aliphatic carbocycles. The number of nitrogens with zero attached hydrogens (tertiary/aromatic N) is 1. The number of carboxylic acids is 1. The van der Waals surface area contributed by atoms with Crippen LogP contribution in [0.15, 0.2) is 53.4 Å². The van der Waals surface area contributed by atoms with Crippen molar-refractivity contribution in [3.05, 3.63) is 59.0 Å². The molecule has 0 atom stereocenters. The number of rotatable bonds is 9. The lowest BCUT2D eigenvalue weighted by molar-refractivity contribution is -0.138. The van der Waals surface area contributed by atoms with Gasteiger partial charge in [0.1, 0.15) is 0 Å². The van der Waals surface area contributed by atoms with Gasteiger partial charge in [0.15, 0.2) is 5.13 Å². The zero-order chi connectivity index (χ0) is 23.1. The summed E-state index contributed by atoms with van der Waals surface area (Å²) >= 11 is 2.77. The SMILES string of the molecule is Cc1ccc(-c2nc(NC(=O)CSc3cccc(NC(=O)CCC(=O)O)c3)sc2C)cc1. The lowest BCUT2D eigenvalue weighted by atomic mass is 10.1. The molecule has 7 nitrogen and oxygen atoms in total. The number of hydrogen-bond acceptors (Lipinski definition) is 6. The molecule has 3 aromatic rings. The first-order chi connectivity index (χ1) is 15.3. The van der Waals surface area contributed by atoms with Crippen LogP contribution < -0.4 is 10.6 Å². The normalized spacial score (nSPS) is 10.6. The summed E-state index contributed by atoms with van der Waals surface area (Å²) in [6.45, 7) is 4.01. The minimum absolute atomic E-state index is 0.0904. The highest BCUT2D eigenvalue weighted by atomic mass is 32.2. The van der Waals surface area contributed by atoms with Gasteiger partial charge in [0.2, 0.25) is 11.8 Å². The van der Waals surface area contributed by atoms with Crippen LogP contribution >= 0.6 is 23.1 Å². The Balaban J connectivity index is 1.54. The van der Waals surface area contributed by atoms with Gasteiger partial charge >= 0.3 is 5.97 Å². The Kier molecular flexibility index (Phi) is 8.02. The maximum Gasteiger partial charge on any atom is 0.303 e. The largest absolute Gasteiger partial charge is 0.481 e. The van der Waals surface area contributed by atoms with Crippen molar-refractivity contribution in [2.75, 3.05) is 16.4 Å². The molecular weight excluding hydrogens is 446 g/mol. The van der Waals surface area contributed by atoms with Gasteiger partial charge in [-0.1, -0.05) is 35.9 Å². The Morgan fingerprint density at radius 1 is 1.00 bits per heavy atom. The Morgan fingerprint density at radius 2 is 1.75 bits per heavy atom. The average Bonchev–Trinajstić information content (AvgIpc) is 3.11. The molecule has 2 aromatic carbocycles. The third-order valence-corrected chi connectivity index (χ3v) is 6.30. The molecule has 0 bridgehead atoms. The monoisotopic (exact) mass is 469 g/mol. The van der Waals surface area contributed by atoms with Gasteiger partial charge in [-0.2, -0.15) is 0 Å². The number of nitrogens with one attached hydrogen (secondary N) is 2. The fourth-order valence-electron chi connectivity index (χ4n) is 2.84. The highest BCUT2D eigenvalue weighted by Crippen LogP contribution is 2.31. The molecule has 3 rings (SSSR count). The molecule has 0 radical (unpaired) electrons. The highest BCUT2D eigenvalue weighted by molar-refractivity contribution is 8.00. The van der Waals surface area contributed by atoms with Crippen molar-refractivity contribution in [2.24, 2.45) is 0 Å². The van der Waals surface area contributed by atoms with Crippen LogP contribution in [0, 0.1) is 13.8 Å². The maximum atomic E-state index is 12.4. The first-order valence-corrected chi connectivity index (χ1v) is 11.7. The number of carbonyl (C=O) groups excluding carboxylic acids is 2. The zero-order valence-electron chi connectivity index (χ0n) is 17.7. The van der Waals surface area contributed by atoms with E-state index in [4.69, 9.17) is 5.11 Å². The molecule has 0 unspecified atom stereocenters. The molecule has 1 heterocycles. The molecule has 0 spiro atoms. The Hall–Kier alpha value is -3.17. The number of hydrogen-bond donors (Lipinski definition) is 3.